The molecule has 17 heavy (non-hydrogen) atoms. The van der Waals surface area contributed by atoms with Gasteiger partial charge in [0.1, 0.15) is 5.82 Å². The molecule has 3 heteroatoms. The van der Waals surface area contributed by atoms with Gasteiger partial charge < -0.3 is 10.5 Å². The maximum absolute atomic E-state index is 13.1. The summed E-state index contributed by atoms with van der Waals surface area (Å²) in [5, 5.41) is 0. The van der Waals surface area contributed by atoms with Gasteiger partial charge in [0.25, 0.3) is 0 Å². The third-order valence-electron chi connectivity index (χ3n) is 2.64. The van der Waals surface area contributed by atoms with Crippen molar-refractivity contribution >= 4 is 0 Å². The zero-order valence-corrected chi connectivity index (χ0v) is 10.9. The second kappa shape index (κ2) is 6.12. The van der Waals surface area contributed by atoms with Crippen LogP contribution in [0.3, 0.4) is 0 Å². The number of rotatable bonds is 5. The largest absolute Gasteiger partial charge is 0.377 e. The fourth-order valence-electron chi connectivity index (χ4n) is 1.49. The van der Waals surface area contributed by atoms with Crippen LogP contribution in [0.25, 0.3) is 0 Å². The quantitative estimate of drug-likeness (QED) is 0.801. The van der Waals surface area contributed by atoms with E-state index in [9.17, 15) is 4.39 Å². The van der Waals surface area contributed by atoms with E-state index in [-0.39, 0.29) is 11.2 Å². The molecular weight excluding hydrogens is 217 g/mol. The van der Waals surface area contributed by atoms with Crippen molar-refractivity contribution in [1.29, 1.82) is 0 Å². The highest BCUT2D eigenvalue weighted by Gasteiger charge is 2.10. The third-order valence-corrected chi connectivity index (χ3v) is 2.64. The summed E-state index contributed by atoms with van der Waals surface area (Å²) in [6.07, 6.45) is 0.986. The summed E-state index contributed by atoms with van der Waals surface area (Å²) >= 11 is 0. The Balaban J connectivity index is 2.48. The molecule has 0 heterocycles. The Labute approximate surface area is 103 Å². The molecule has 0 aliphatic heterocycles. The fourth-order valence-corrected chi connectivity index (χ4v) is 1.49. The van der Waals surface area contributed by atoms with Crippen molar-refractivity contribution in [3.8, 4) is 0 Å². The molecule has 0 aliphatic rings. The second-order valence-corrected chi connectivity index (χ2v) is 5.48. The van der Waals surface area contributed by atoms with Crippen molar-refractivity contribution in [3.63, 3.8) is 0 Å². The van der Waals surface area contributed by atoms with Crippen LogP contribution in [0.1, 0.15) is 38.3 Å². The molecule has 1 aromatic carbocycles. The van der Waals surface area contributed by atoms with Crippen LogP contribution >= 0.6 is 0 Å². The Bertz CT molecular complexity index is 358. The topological polar surface area (TPSA) is 35.2 Å². The van der Waals surface area contributed by atoms with Gasteiger partial charge in [-0.1, -0.05) is 26.8 Å². The van der Waals surface area contributed by atoms with Gasteiger partial charge in [0.2, 0.25) is 0 Å². The van der Waals surface area contributed by atoms with E-state index in [0.717, 1.165) is 17.5 Å². The molecule has 0 aromatic heterocycles. The number of nitrogens with two attached hydrogens (primary N) is 1. The van der Waals surface area contributed by atoms with Crippen LogP contribution in [-0.2, 0) is 17.9 Å². The molecule has 0 bridgehead atoms. The predicted molar refractivity (Wildman–Crippen MR) is 68.0 cm³/mol. The molecule has 0 fully saturated rings. The van der Waals surface area contributed by atoms with Crippen molar-refractivity contribution in [2.24, 2.45) is 11.1 Å². The van der Waals surface area contributed by atoms with Gasteiger partial charge in [-0.15, -0.1) is 0 Å². The van der Waals surface area contributed by atoms with E-state index in [4.69, 9.17) is 10.5 Å². The van der Waals surface area contributed by atoms with Crippen molar-refractivity contribution in [2.45, 2.75) is 40.3 Å². The van der Waals surface area contributed by atoms with Gasteiger partial charge in [-0.25, -0.2) is 4.39 Å². The average molecular weight is 239 g/mol. The minimum absolute atomic E-state index is 0.239. The van der Waals surface area contributed by atoms with Crippen LogP contribution in [0.4, 0.5) is 4.39 Å². The van der Waals surface area contributed by atoms with Gasteiger partial charge in [-0.05, 0) is 35.1 Å². The minimum atomic E-state index is -0.239. The lowest BCUT2D eigenvalue weighted by molar-refractivity contribution is 0.0956. The summed E-state index contributed by atoms with van der Waals surface area (Å²) in [6.45, 7) is 8.04. The molecule has 0 unspecified atom stereocenters. The van der Waals surface area contributed by atoms with Gasteiger partial charge in [0.15, 0.2) is 0 Å². The summed E-state index contributed by atoms with van der Waals surface area (Å²) in [5.74, 6) is -0.239. The Morgan fingerprint density at radius 3 is 2.53 bits per heavy atom. The van der Waals surface area contributed by atoms with E-state index in [1.54, 1.807) is 6.07 Å². The molecule has 0 saturated heterocycles. The molecule has 0 spiro atoms. The van der Waals surface area contributed by atoms with Crippen LogP contribution in [0.5, 0.6) is 0 Å². The highest BCUT2D eigenvalue weighted by atomic mass is 19.1. The number of halogens is 1. The molecular formula is C14H22FNO. The highest BCUT2D eigenvalue weighted by molar-refractivity contribution is 5.27. The predicted octanol–water partition coefficient (Wildman–Crippen LogP) is 3.24. The lowest BCUT2D eigenvalue weighted by Gasteiger charge is -2.18. The van der Waals surface area contributed by atoms with E-state index in [0.29, 0.717) is 19.8 Å². The van der Waals surface area contributed by atoms with E-state index < -0.39 is 0 Å². The van der Waals surface area contributed by atoms with E-state index in [2.05, 4.69) is 20.8 Å². The van der Waals surface area contributed by atoms with Crippen LogP contribution in [0, 0.1) is 11.2 Å². The maximum Gasteiger partial charge on any atom is 0.123 e. The monoisotopic (exact) mass is 239 g/mol. The normalized spacial score (nSPS) is 11.8. The average Bonchev–Trinajstić information content (AvgIpc) is 2.23. The van der Waals surface area contributed by atoms with E-state index in [1.807, 2.05) is 0 Å². The summed E-state index contributed by atoms with van der Waals surface area (Å²) in [6, 6.07) is 4.65. The Kier molecular flexibility index (Phi) is 5.09. The van der Waals surface area contributed by atoms with Crippen LogP contribution in [0.15, 0.2) is 18.2 Å². The lowest BCUT2D eigenvalue weighted by Crippen LogP contribution is -2.10. The lowest BCUT2D eigenvalue weighted by atomic mass is 9.93. The fraction of sp³-hybridized carbons (Fsp3) is 0.571. The van der Waals surface area contributed by atoms with Crippen molar-refractivity contribution in [3.05, 3.63) is 35.1 Å². The number of hydrogen-bond acceptors (Lipinski definition) is 2. The molecule has 0 amide bonds. The zero-order chi connectivity index (χ0) is 12.9. The molecule has 2 N–H and O–H groups in total. The summed E-state index contributed by atoms with van der Waals surface area (Å²) in [4.78, 5) is 0. The zero-order valence-electron chi connectivity index (χ0n) is 10.9. The van der Waals surface area contributed by atoms with Gasteiger partial charge in [0.05, 0.1) is 6.61 Å². The van der Waals surface area contributed by atoms with Crippen molar-refractivity contribution in [2.75, 3.05) is 6.61 Å². The molecule has 2 nitrogen and oxygen atoms in total. The van der Waals surface area contributed by atoms with Crippen molar-refractivity contribution in [1.82, 2.24) is 0 Å². The third kappa shape index (κ3) is 5.29. The molecule has 1 rings (SSSR count). The first-order valence-electron chi connectivity index (χ1n) is 5.97. The summed E-state index contributed by atoms with van der Waals surface area (Å²) in [5.41, 5.74) is 7.65. The standard InChI is InChI=1S/C14H22FNO/c1-14(2,3)6-7-17-10-12-8-13(15)5-4-11(12)9-16/h4-5,8H,6-7,9-10,16H2,1-3H3. The van der Waals surface area contributed by atoms with E-state index in [1.165, 1.54) is 12.1 Å². The number of benzene rings is 1. The molecule has 96 valence electrons. The Morgan fingerprint density at radius 1 is 1.24 bits per heavy atom. The van der Waals surface area contributed by atoms with Crippen molar-refractivity contribution < 1.29 is 9.13 Å². The molecule has 1 aromatic rings. The van der Waals surface area contributed by atoms with Gasteiger partial charge >= 0.3 is 0 Å². The molecule has 0 atom stereocenters. The highest BCUT2D eigenvalue weighted by Crippen LogP contribution is 2.19. The van der Waals surface area contributed by atoms with Crippen LogP contribution in [0.2, 0.25) is 0 Å². The van der Waals surface area contributed by atoms with Gasteiger partial charge in [-0.2, -0.15) is 0 Å². The maximum atomic E-state index is 13.1. The molecule has 0 aliphatic carbocycles. The first-order chi connectivity index (χ1) is 7.92. The SMILES string of the molecule is CC(C)(C)CCOCc1cc(F)ccc1CN. The van der Waals surface area contributed by atoms with Gasteiger partial charge in [-0.3, -0.25) is 0 Å². The first kappa shape index (κ1) is 14.1. The first-order valence-corrected chi connectivity index (χ1v) is 5.97. The minimum Gasteiger partial charge on any atom is -0.377 e. The Morgan fingerprint density at radius 2 is 1.94 bits per heavy atom. The number of hydrogen-bond donors (Lipinski definition) is 1. The van der Waals surface area contributed by atoms with Crippen LogP contribution < -0.4 is 5.73 Å². The molecule has 0 radical (unpaired) electrons. The summed E-state index contributed by atoms with van der Waals surface area (Å²) in [7, 11) is 0. The second-order valence-electron chi connectivity index (χ2n) is 5.48. The smallest absolute Gasteiger partial charge is 0.123 e. The summed E-state index contributed by atoms with van der Waals surface area (Å²) < 4.78 is 18.7. The van der Waals surface area contributed by atoms with Gasteiger partial charge in [0, 0.05) is 13.2 Å². The van der Waals surface area contributed by atoms with E-state index >= 15 is 0 Å². The Hall–Kier alpha value is -0.930. The molecule has 0 saturated carbocycles. The number of ether oxygens (including phenoxy) is 1. The van der Waals surface area contributed by atoms with Crippen LogP contribution in [-0.4, -0.2) is 6.61 Å².